The molecular formula is C20H27N3. The molecule has 2 heterocycles. The van der Waals surface area contributed by atoms with Gasteiger partial charge in [-0.15, -0.1) is 0 Å². The average Bonchev–Trinajstić information content (AvgIpc) is 2.56. The minimum atomic E-state index is 0.492. The Morgan fingerprint density at radius 3 is 2.65 bits per heavy atom. The van der Waals surface area contributed by atoms with Crippen molar-refractivity contribution in [2.24, 2.45) is 0 Å². The van der Waals surface area contributed by atoms with Crippen molar-refractivity contribution < 1.29 is 0 Å². The number of hydrogen-bond acceptors (Lipinski definition) is 3. The number of aromatic nitrogens is 1. The van der Waals surface area contributed by atoms with Gasteiger partial charge in [-0.2, -0.15) is 0 Å². The number of benzene rings is 1. The van der Waals surface area contributed by atoms with Gasteiger partial charge in [-0.25, -0.2) is 4.98 Å². The minimum absolute atomic E-state index is 0.492. The molecule has 2 aromatic rings. The molecule has 3 heteroatoms. The van der Waals surface area contributed by atoms with Crippen LogP contribution < -0.4 is 4.90 Å². The minimum Gasteiger partial charge on any atom is -0.363 e. The summed E-state index contributed by atoms with van der Waals surface area (Å²) in [5.74, 6) is 1.07. The zero-order valence-corrected chi connectivity index (χ0v) is 14.5. The van der Waals surface area contributed by atoms with Crippen molar-refractivity contribution in [3.8, 4) is 0 Å². The first-order valence-corrected chi connectivity index (χ1v) is 8.57. The zero-order chi connectivity index (χ0) is 16.2. The topological polar surface area (TPSA) is 19.4 Å². The summed E-state index contributed by atoms with van der Waals surface area (Å²) in [6.45, 7) is 4.37. The maximum Gasteiger partial charge on any atom is 0.130 e. The number of likely N-dealkylation sites (tertiary alicyclic amines) is 1. The van der Waals surface area contributed by atoms with Crippen molar-refractivity contribution >= 4 is 5.82 Å². The quantitative estimate of drug-likeness (QED) is 0.844. The van der Waals surface area contributed by atoms with Crippen LogP contribution in [0.2, 0.25) is 0 Å². The fraction of sp³-hybridized carbons (Fsp3) is 0.450. The number of anilines is 1. The molecular weight excluding hydrogens is 282 g/mol. The van der Waals surface area contributed by atoms with Gasteiger partial charge >= 0.3 is 0 Å². The lowest BCUT2D eigenvalue weighted by Gasteiger charge is -2.36. The third kappa shape index (κ3) is 3.73. The highest BCUT2D eigenvalue weighted by molar-refractivity contribution is 5.46. The first kappa shape index (κ1) is 16.0. The van der Waals surface area contributed by atoms with E-state index in [-0.39, 0.29) is 0 Å². The number of aryl methyl sites for hydroxylation is 1. The summed E-state index contributed by atoms with van der Waals surface area (Å²) in [4.78, 5) is 9.39. The molecule has 3 nitrogen and oxygen atoms in total. The van der Waals surface area contributed by atoms with E-state index in [9.17, 15) is 0 Å². The Kier molecular flexibility index (Phi) is 4.97. The molecule has 1 unspecified atom stereocenters. The predicted molar refractivity (Wildman–Crippen MR) is 96.7 cm³/mol. The number of rotatable bonds is 4. The van der Waals surface area contributed by atoms with Crippen molar-refractivity contribution in [2.45, 2.75) is 38.8 Å². The van der Waals surface area contributed by atoms with Gasteiger partial charge < -0.3 is 4.90 Å². The van der Waals surface area contributed by atoms with Crippen LogP contribution in [0.4, 0.5) is 5.82 Å². The van der Waals surface area contributed by atoms with Crippen LogP contribution in [0.15, 0.2) is 42.6 Å². The van der Waals surface area contributed by atoms with Crippen LogP contribution in [-0.2, 0) is 6.54 Å². The third-order valence-electron chi connectivity index (χ3n) is 4.72. The highest BCUT2D eigenvalue weighted by atomic mass is 15.2. The second kappa shape index (κ2) is 7.14. The average molecular weight is 309 g/mol. The van der Waals surface area contributed by atoms with Gasteiger partial charge in [0.25, 0.3) is 0 Å². The van der Waals surface area contributed by atoms with E-state index in [1.54, 1.807) is 0 Å². The Morgan fingerprint density at radius 1 is 1.17 bits per heavy atom. The van der Waals surface area contributed by atoms with Gasteiger partial charge in [0.1, 0.15) is 5.82 Å². The van der Waals surface area contributed by atoms with Crippen LogP contribution in [-0.4, -0.2) is 30.5 Å². The van der Waals surface area contributed by atoms with Gasteiger partial charge in [0.2, 0.25) is 0 Å². The summed E-state index contributed by atoms with van der Waals surface area (Å²) in [6.07, 6.45) is 5.92. The predicted octanol–water partition coefficient (Wildman–Crippen LogP) is 4.18. The molecule has 0 saturated carbocycles. The van der Waals surface area contributed by atoms with E-state index >= 15 is 0 Å². The zero-order valence-electron chi connectivity index (χ0n) is 14.5. The Balaban J connectivity index is 1.82. The molecule has 23 heavy (non-hydrogen) atoms. The summed E-state index contributed by atoms with van der Waals surface area (Å²) < 4.78 is 0. The second-order valence-electron chi connectivity index (χ2n) is 6.77. The van der Waals surface area contributed by atoms with Crippen LogP contribution in [0, 0.1) is 6.92 Å². The number of nitrogens with zero attached hydrogens (tertiary/aromatic N) is 3. The lowest BCUT2D eigenvalue weighted by atomic mass is 9.95. The van der Waals surface area contributed by atoms with Crippen molar-refractivity contribution in [3.05, 3.63) is 59.3 Å². The molecule has 1 aromatic carbocycles. The summed E-state index contributed by atoms with van der Waals surface area (Å²) in [6, 6.07) is 13.6. The van der Waals surface area contributed by atoms with E-state index in [4.69, 9.17) is 4.98 Å². The molecule has 0 bridgehead atoms. The second-order valence-corrected chi connectivity index (χ2v) is 6.77. The Hall–Kier alpha value is -1.87. The van der Waals surface area contributed by atoms with E-state index < -0.39 is 0 Å². The van der Waals surface area contributed by atoms with E-state index in [0.29, 0.717) is 6.04 Å². The Morgan fingerprint density at radius 2 is 1.96 bits per heavy atom. The van der Waals surface area contributed by atoms with Crippen LogP contribution >= 0.6 is 0 Å². The first-order chi connectivity index (χ1) is 11.1. The number of piperidine rings is 1. The monoisotopic (exact) mass is 309 g/mol. The van der Waals surface area contributed by atoms with E-state index in [0.717, 1.165) is 12.4 Å². The van der Waals surface area contributed by atoms with Crippen molar-refractivity contribution in [3.63, 3.8) is 0 Å². The van der Waals surface area contributed by atoms with Gasteiger partial charge in [-0.05, 0) is 49.1 Å². The molecule has 0 amide bonds. The molecule has 1 aliphatic rings. The van der Waals surface area contributed by atoms with Gasteiger partial charge in [0.05, 0.1) is 0 Å². The molecule has 1 aliphatic heterocycles. The van der Waals surface area contributed by atoms with Crippen LogP contribution in [0.25, 0.3) is 0 Å². The van der Waals surface area contributed by atoms with Crippen molar-refractivity contribution in [2.75, 3.05) is 25.5 Å². The number of hydrogen-bond donors (Lipinski definition) is 0. The summed E-state index contributed by atoms with van der Waals surface area (Å²) in [7, 11) is 4.11. The summed E-state index contributed by atoms with van der Waals surface area (Å²) >= 11 is 0. The number of pyridine rings is 1. The van der Waals surface area contributed by atoms with E-state index in [2.05, 4.69) is 73.4 Å². The fourth-order valence-electron chi connectivity index (χ4n) is 3.62. The maximum atomic E-state index is 4.69. The van der Waals surface area contributed by atoms with Gasteiger partial charge in [0.15, 0.2) is 0 Å². The Bertz CT molecular complexity index is 637. The van der Waals surface area contributed by atoms with Gasteiger partial charge in [-0.1, -0.05) is 36.8 Å². The molecule has 1 aromatic heterocycles. The lowest BCUT2D eigenvalue weighted by Crippen LogP contribution is -2.33. The third-order valence-corrected chi connectivity index (χ3v) is 4.72. The van der Waals surface area contributed by atoms with E-state index in [1.807, 2.05) is 0 Å². The van der Waals surface area contributed by atoms with Gasteiger partial charge in [0, 0.05) is 32.9 Å². The molecule has 0 radical (unpaired) electrons. The highest BCUT2D eigenvalue weighted by Crippen LogP contribution is 2.33. The standard InChI is InChI=1S/C20H27N3/c1-16-13-18(14-21-20(16)22(2)3)19-11-7-8-12-23(19)15-17-9-5-4-6-10-17/h4-6,9-10,13-14,19H,7-8,11-12,15H2,1-3H3. The largest absolute Gasteiger partial charge is 0.363 e. The summed E-state index contributed by atoms with van der Waals surface area (Å²) in [5, 5.41) is 0. The molecule has 0 spiro atoms. The molecule has 3 rings (SSSR count). The lowest BCUT2D eigenvalue weighted by molar-refractivity contribution is 0.140. The normalized spacial score (nSPS) is 18.8. The van der Waals surface area contributed by atoms with E-state index in [1.165, 1.54) is 42.5 Å². The van der Waals surface area contributed by atoms with Crippen molar-refractivity contribution in [1.82, 2.24) is 9.88 Å². The molecule has 1 saturated heterocycles. The molecule has 0 aliphatic carbocycles. The molecule has 0 N–H and O–H groups in total. The highest BCUT2D eigenvalue weighted by Gasteiger charge is 2.24. The molecule has 122 valence electrons. The van der Waals surface area contributed by atoms with Crippen molar-refractivity contribution in [1.29, 1.82) is 0 Å². The van der Waals surface area contributed by atoms with Gasteiger partial charge in [-0.3, -0.25) is 4.90 Å². The Labute approximate surface area is 140 Å². The van der Waals surface area contributed by atoms with Crippen LogP contribution in [0.5, 0.6) is 0 Å². The van der Waals surface area contributed by atoms with Crippen LogP contribution in [0.3, 0.4) is 0 Å². The SMILES string of the molecule is Cc1cc(C2CCCCN2Cc2ccccc2)cnc1N(C)C. The fourth-order valence-corrected chi connectivity index (χ4v) is 3.62. The molecule has 1 atom stereocenters. The smallest absolute Gasteiger partial charge is 0.130 e. The summed E-state index contributed by atoms with van der Waals surface area (Å²) in [5.41, 5.74) is 4.02. The molecule has 1 fully saturated rings. The maximum absolute atomic E-state index is 4.69. The first-order valence-electron chi connectivity index (χ1n) is 8.57. The van der Waals surface area contributed by atoms with Crippen LogP contribution in [0.1, 0.15) is 42.0 Å².